The van der Waals surface area contributed by atoms with E-state index in [9.17, 15) is 4.79 Å². The van der Waals surface area contributed by atoms with Crippen LogP contribution in [0.1, 0.15) is 23.5 Å². The van der Waals surface area contributed by atoms with Crippen molar-refractivity contribution in [3.05, 3.63) is 27.4 Å². The summed E-state index contributed by atoms with van der Waals surface area (Å²) in [5.74, 6) is 0.979. The Bertz CT molecular complexity index is 386. The van der Waals surface area contributed by atoms with Crippen LogP contribution in [-0.4, -0.2) is 9.55 Å². The first-order valence-electron chi connectivity index (χ1n) is 4.68. The highest BCUT2D eigenvalue weighted by molar-refractivity contribution is 5.23. The van der Waals surface area contributed by atoms with Gasteiger partial charge in [-0.1, -0.05) is 0 Å². The molecule has 3 rings (SSSR count). The molecule has 0 bridgehead atoms. The van der Waals surface area contributed by atoms with Gasteiger partial charge >= 0.3 is 0 Å². The van der Waals surface area contributed by atoms with Gasteiger partial charge in [-0.2, -0.15) is 0 Å². The Kier molecular flexibility index (Phi) is 1.35. The molecule has 1 N–H and O–H groups in total. The quantitative estimate of drug-likeness (QED) is 0.596. The summed E-state index contributed by atoms with van der Waals surface area (Å²) in [6, 6.07) is 0. The SMILES string of the molecule is O=c1c2c(nc3n1CCC3)CNC2. The average Bonchev–Trinajstić information content (AvgIpc) is 2.71. The molecule has 0 spiro atoms. The first kappa shape index (κ1) is 7.26. The van der Waals surface area contributed by atoms with Crippen molar-refractivity contribution in [3.8, 4) is 0 Å². The molecule has 2 aliphatic heterocycles. The number of nitrogens with one attached hydrogen (secondary N) is 1. The van der Waals surface area contributed by atoms with Gasteiger partial charge in [-0.25, -0.2) is 4.98 Å². The third kappa shape index (κ3) is 0.891. The summed E-state index contributed by atoms with van der Waals surface area (Å²) >= 11 is 0. The topological polar surface area (TPSA) is 46.9 Å². The summed E-state index contributed by atoms with van der Waals surface area (Å²) < 4.78 is 1.83. The van der Waals surface area contributed by atoms with E-state index in [2.05, 4.69) is 10.3 Å². The second-order valence-electron chi connectivity index (χ2n) is 3.62. The van der Waals surface area contributed by atoms with E-state index < -0.39 is 0 Å². The molecule has 68 valence electrons. The Balaban J connectivity index is 2.33. The molecule has 2 aliphatic rings. The van der Waals surface area contributed by atoms with Crippen LogP contribution in [0, 0.1) is 0 Å². The molecule has 0 fully saturated rings. The monoisotopic (exact) mass is 177 g/mol. The summed E-state index contributed by atoms with van der Waals surface area (Å²) in [4.78, 5) is 16.3. The molecule has 1 aromatic heterocycles. The molecule has 0 aliphatic carbocycles. The second-order valence-corrected chi connectivity index (χ2v) is 3.62. The van der Waals surface area contributed by atoms with Gasteiger partial charge in [0.2, 0.25) is 0 Å². The summed E-state index contributed by atoms with van der Waals surface area (Å²) in [7, 11) is 0. The van der Waals surface area contributed by atoms with Crippen LogP contribution < -0.4 is 10.9 Å². The van der Waals surface area contributed by atoms with Crippen LogP contribution in [0.4, 0.5) is 0 Å². The van der Waals surface area contributed by atoms with Crippen molar-refractivity contribution in [2.24, 2.45) is 0 Å². The van der Waals surface area contributed by atoms with Crippen LogP contribution in [0.15, 0.2) is 4.79 Å². The number of aromatic nitrogens is 2. The Hall–Kier alpha value is -1.16. The minimum absolute atomic E-state index is 0.183. The Morgan fingerprint density at radius 2 is 2.31 bits per heavy atom. The smallest absolute Gasteiger partial charge is 0.258 e. The van der Waals surface area contributed by atoms with Gasteiger partial charge in [-0.05, 0) is 6.42 Å². The maximum absolute atomic E-state index is 11.8. The van der Waals surface area contributed by atoms with Gasteiger partial charge in [0.1, 0.15) is 5.82 Å². The van der Waals surface area contributed by atoms with E-state index in [0.29, 0.717) is 6.54 Å². The molecule has 0 saturated heterocycles. The highest BCUT2D eigenvalue weighted by Gasteiger charge is 2.22. The summed E-state index contributed by atoms with van der Waals surface area (Å²) in [6.07, 6.45) is 2.03. The number of hydrogen-bond acceptors (Lipinski definition) is 3. The number of rotatable bonds is 0. The predicted molar refractivity (Wildman–Crippen MR) is 47.4 cm³/mol. The predicted octanol–water partition coefficient (Wildman–Crippen LogP) is -0.207. The molecule has 4 heteroatoms. The Morgan fingerprint density at radius 3 is 3.23 bits per heavy atom. The maximum atomic E-state index is 11.8. The zero-order valence-corrected chi connectivity index (χ0v) is 7.34. The van der Waals surface area contributed by atoms with Gasteiger partial charge in [-0.3, -0.25) is 9.36 Å². The molecule has 0 atom stereocenters. The van der Waals surface area contributed by atoms with E-state index in [0.717, 1.165) is 43.0 Å². The van der Waals surface area contributed by atoms with Crippen LogP contribution in [0.5, 0.6) is 0 Å². The lowest BCUT2D eigenvalue weighted by atomic mass is 10.2. The molecule has 13 heavy (non-hydrogen) atoms. The molecule has 1 aromatic rings. The molecule has 0 amide bonds. The van der Waals surface area contributed by atoms with Crippen molar-refractivity contribution in [1.29, 1.82) is 0 Å². The van der Waals surface area contributed by atoms with Crippen molar-refractivity contribution >= 4 is 0 Å². The van der Waals surface area contributed by atoms with Gasteiger partial charge < -0.3 is 5.32 Å². The van der Waals surface area contributed by atoms with E-state index in [-0.39, 0.29) is 5.56 Å². The number of fused-ring (bicyclic) bond motifs is 2. The van der Waals surface area contributed by atoms with Crippen LogP contribution >= 0.6 is 0 Å². The first-order valence-corrected chi connectivity index (χ1v) is 4.68. The van der Waals surface area contributed by atoms with Crippen LogP contribution in [0.2, 0.25) is 0 Å². The van der Waals surface area contributed by atoms with E-state index >= 15 is 0 Å². The van der Waals surface area contributed by atoms with Crippen molar-refractivity contribution in [2.75, 3.05) is 0 Å². The zero-order valence-electron chi connectivity index (χ0n) is 7.34. The summed E-state index contributed by atoms with van der Waals surface area (Å²) in [6.45, 7) is 2.31. The lowest BCUT2D eigenvalue weighted by Gasteiger charge is -2.04. The van der Waals surface area contributed by atoms with E-state index in [1.165, 1.54) is 0 Å². The van der Waals surface area contributed by atoms with E-state index in [1.807, 2.05) is 4.57 Å². The third-order valence-corrected chi connectivity index (χ3v) is 2.80. The highest BCUT2D eigenvalue weighted by Crippen LogP contribution is 2.14. The molecule has 4 nitrogen and oxygen atoms in total. The van der Waals surface area contributed by atoms with Crippen molar-refractivity contribution in [3.63, 3.8) is 0 Å². The van der Waals surface area contributed by atoms with Gasteiger partial charge in [0.15, 0.2) is 0 Å². The lowest BCUT2D eigenvalue weighted by molar-refractivity contribution is 0.699. The molecule has 3 heterocycles. The summed E-state index contributed by atoms with van der Waals surface area (Å²) in [5, 5.41) is 3.16. The van der Waals surface area contributed by atoms with E-state index in [4.69, 9.17) is 0 Å². The fourth-order valence-electron chi connectivity index (χ4n) is 2.13. The van der Waals surface area contributed by atoms with Crippen LogP contribution in [0.25, 0.3) is 0 Å². The Labute approximate surface area is 75.6 Å². The van der Waals surface area contributed by atoms with Crippen molar-refractivity contribution < 1.29 is 0 Å². The molecule has 0 saturated carbocycles. The molecule has 0 radical (unpaired) electrons. The molecular weight excluding hydrogens is 166 g/mol. The standard InChI is InChI=1S/C9H11N3O/c13-9-6-4-10-5-7(6)11-8-2-1-3-12(8)9/h10H,1-5H2. The Morgan fingerprint density at radius 1 is 1.38 bits per heavy atom. The normalized spacial score (nSPS) is 18.8. The number of aryl methyl sites for hydroxylation is 1. The minimum Gasteiger partial charge on any atom is -0.307 e. The fraction of sp³-hybridized carbons (Fsp3) is 0.556. The fourth-order valence-corrected chi connectivity index (χ4v) is 2.13. The maximum Gasteiger partial charge on any atom is 0.258 e. The van der Waals surface area contributed by atoms with E-state index in [1.54, 1.807) is 0 Å². The number of nitrogens with zero attached hydrogens (tertiary/aromatic N) is 2. The van der Waals surface area contributed by atoms with Gasteiger partial charge in [-0.15, -0.1) is 0 Å². The minimum atomic E-state index is 0.183. The van der Waals surface area contributed by atoms with Gasteiger partial charge in [0.25, 0.3) is 5.56 Å². The molecule has 0 unspecified atom stereocenters. The third-order valence-electron chi connectivity index (χ3n) is 2.80. The van der Waals surface area contributed by atoms with Gasteiger partial charge in [0.05, 0.1) is 11.3 Å². The van der Waals surface area contributed by atoms with Crippen LogP contribution in [0.3, 0.4) is 0 Å². The van der Waals surface area contributed by atoms with Crippen molar-refractivity contribution in [2.45, 2.75) is 32.5 Å². The lowest BCUT2D eigenvalue weighted by Crippen LogP contribution is -2.25. The first-order chi connectivity index (χ1) is 6.36. The largest absolute Gasteiger partial charge is 0.307 e. The zero-order chi connectivity index (χ0) is 8.84. The highest BCUT2D eigenvalue weighted by atomic mass is 16.1. The molecule has 0 aromatic carbocycles. The second kappa shape index (κ2) is 2.42. The number of hydrogen-bond donors (Lipinski definition) is 1. The van der Waals surface area contributed by atoms with Crippen LogP contribution in [-0.2, 0) is 26.1 Å². The average molecular weight is 177 g/mol. The van der Waals surface area contributed by atoms with Crippen molar-refractivity contribution in [1.82, 2.24) is 14.9 Å². The van der Waals surface area contributed by atoms with Gasteiger partial charge in [0, 0.05) is 26.1 Å². The molecular formula is C9H11N3O. The summed E-state index contributed by atoms with van der Waals surface area (Å²) in [5.41, 5.74) is 2.03.